The molecule has 0 atom stereocenters. The molecule has 0 bridgehead atoms. The Kier molecular flexibility index (Phi) is 6.97. The van der Waals surface area contributed by atoms with Gasteiger partial charge >= 0.3 is 6.03 Å². The molecule has 0 unspecified atom stereocenters. The number of aromatic amines is 1. The highest BCUT2D eigenvalue weighted by atomic mass is 16.2. The molecule has 2 aromatic heterocycles. The SMILES string of the molecule is CCNc1cccnc1N1CCN(C(=O)NCc2cc(C(C)C)c(C)[nH]c2=O)CC1. The summed E-state index contributed by atoms with van der Waals surface area (Å²) in [6.07, 6.45) is 1.79. The number of rotatable bonds is 6. The minimum atomic E-state index is -0.145. The minimum absolute atomic E-state index is 0.145. The van der Waals surface area contributed by atoms with Gasteiger partial charge in [0.1, 0.15) is 0 Å². The number of aryl methyl sites for hydroxylation is 1. The van der Waals surface area contributed by atoms with E-state index >= 15 is 0 Å². The predicted octanol–water partition coefficient (Wildman–Crippen LogP) is 2.67. The molecule has 8 nitrogen and oxygen atoms in total. The summed E-state index contributed by atoms with van der Waals surface area (Å²) in [5.41, 5.74) is 3.43. The van der Waals surface area contributed by atoms with E-state index in [0.29, 0.717) is 37.7 Å². The Labute approximate surface area is 177 Å². The molecule has 0 radical (unpaired) electrons. The van der Waals surface area contributed by atoms with Crippen LogP contribution in [0.2, 0.25) is 0 Å². The Morgan fingerprint density at radius 2 is 2.00 bits per heavy atom. The van der Waals surface area contributed by atoms with Gasteiger partial charge in [-0.1, -0.05) is 13.8 Å². The molecular formula is C22H32N6O2. The highest BCUT2D eigenvalue weighted by Gasteiger charge is 2.23. The first kappa shape index (κ1) is 21.7. The van der Waals surface area contributed by atoms with Gasteiger partial charge in [0.25, 0.3) is 5.56 Å². The summed E-state index contributed by atoms with van der Waals surface area (Å²) in [5, 5.41) is 6.24. The molecule has 2 amide bonds. The molecule has 1 saturated heterocycles. The van der Waals surface area contributed by atoms with Crippen LogP contribution in [0.4, 0.5) is 16.3 Å². The van der Waals surface area contributed by atoms with Gasteiger partial charge < -0.3 is 25.4 Å². The number of H-pyrrole nitrogens is 1. The molecule has 0 saturated carbocycles. The summed E-state index contributed by atoms with van der Waals surface area (Å²) in [4.78, 5) is 36.3. The molecule has 30 heavy (non-hydrogen) atoms. The molecule has 0 aromatic carbocycles. The summed E-state index contributed by atoms with van der Waals surface area (Å²) < 4.78 is 0. The summed E-state index contributed by atoms with van der Waals surface area (Å²) in [7, 11) is 0. The van der Waals surface area contributed by atoms with Crippen LogP contribution in [0.25, 0.3) is 0 Å². The molecule has 1 fully saturated rings. The van der Waals surface area contributed by atoms with Gasteiger partial charge in [-0.15, -0.1) is 0 Å². The van der Waals surface area contributed by atoms with Gasteiger partial charge in [0.2, 0.25) is 0 Å². The first-order valence-electron chi connectivity index (χ1n) is 10.6. The normalized spacial score (nSPS) is 14.2. The van der Waals surface area contributed by atoms with Crippen LogP contribution in [0.1, 0.15) is 43.5 Å². The molecule has 3 N–H and O–H groups in total. The summed E-state index contributed by atoms with van der Waals surface area (Å²) in [5.74, 6) is 1.23. The number of carbonyl (C=O) groups is 1. The minimum Gasteiger partial charge on any atom is -0.382 e. The molecule has 3 heterocycles. The van der Waals surface area contributed by atoms with Gasteiger partial charge in [-0.3, -0.25) is 4.79 Å². The van der Waals surface area contributed by atoms with E-state index in [9.17, 15) is 9.59 Å². The van der Waals surface area contributed by atoms with E-state index in [1.54, 1.807) is 11.1 Å². The maximum absolute atomic E-state index is 12.6. The number of piperazine rings is 1. The second kappa shape index (κ2) is 9.65. The predicted molar refractivity (Wildman–Crippen MR) is 120 cm³/mol. The second-order valence-electron chi connectivity index (χ2n) is 7.90. The number of pyridine rings is 2. The number of aromatic nitrogens is 2. The van der Waals surface area contributed by atoms with Gasteiger partial charge in [-0.05, 0) is 43.5 Å². The Bertz CT molecular complexity index is 931. The molecule has 3 rings (SSSR count). The van der Waals surface area contributed by atoms with Crippen molar-refractivity contribution in [1.82, 2.24) is 20.2 Å². The van der Waals surface area contributed by atoms with E-state index in [4.69, 9.17) is 0 Å². The van der Waals surface area contributed by atoms with Crippen molar-refractivity contribution in [2.45, 2.75) is 40.2 Å². The zero-order valence-corrected chi connectivity index (χ0v) is 18.3. The third kappa shape index (κ3) is 4.93. The molecule has 2 aromatic rings. The number of carbonyl (C=O) groups excluding carboxylic acids is 1. The van der Waals surface area contributed by atoms with Crippen LogP contribution in [0.3, 0.4) is 0 Å². The van der Waals surface area contributed by atoms with E-state index in [1.165, 1.54) is 0 Å². The number of hydrogen-bond acceptors (Lipinski definition) is 5. The fourth-order valence-electron chi connectivity index (χ4n) is 3.80. The number of anilines is 2. The maximum Gasteiger partial charge on any atom is 0.317 e. The number of amides is 2. The van der Waals surface area contributed by atoms with Crippen molar-refractivity contribution < 1.29 is 4.79 Å². The van der Waals surface area contributed by atoms with Gasteiger partial charge in [-0.25, -0.2) is 9.78 Å². The molecule has 162 valence electrons. The van der Waals surface area contributed by atoms with E-state index in [-0.39, 0.29) is 18.1 Å². The van der Waals surface area contributed by atoms with Crippen LogP contribution in [0.5, 0.6) is 0 Å². The first-order valence-corrected chi connectivity index (χ1v) is 10.6. The third-order valence-corrected chi connectivity index (χ3v) is 5.43. The van der Waals surface area contributed by atoms with Gasteiger partial charge in [0, 0.05) is 56.7 Å². The maximum atomic E-state index is 12.6. The Morgan fingerprint density at radius 1 is 1.27 bits per heavy atom. The van der Waals surface area contributed by atoms with Gasteiger partial charge in [0.05, 0.1) is 5.69 Å². The zero-order valence-electron chi connectivity index (χ0n) is 18.3. The second-order valence-corrected chi connectivity index (χ2v) is 7.90. The highest BCUT2D eigenvalue weighted by molar-refractivity contribution is 5.75. The molecule has 0 spiro atoms. The van der Waals surface area contributed by atoms with Crippen molar-refractivity contribution in [3.05, 3.63) is 51.6 Å². The van der Waals surface area contributed by atoms with Gasteiger partial charge in [-0.2, -0.15) is 0 Å². The smallest absolute Gasteiger partial charge is 0.317 e. The molecular weight excluding hydrogens is 380 g/mol. The number of urea groups is 1. The zero-order chi connectivity index (χ0) is 21.7. The molecule has 8 heteroatoms. The van der Waals surface area contributed by atoms with E-state index < -0.39 is 0 Å². The molecule has 1 aliphatic heterocycles. The van der Waals surface area contributed by atoms with Crippen molar-refractivity contribution >= 4 is 17.5 Å². The van der Waals surface area contributed by atoms with Crippen LogP contribution >= 0.6 is 0 Å². The van der Waals surface area contributed by atoms with Crippen molar-refractivity contribution in [1.29, 1.82) is 0 Å². The van der Waals surface area contributed by atoms with Crippen LogP contribution in [-0.2, 0) is 6.54 Å². The molecule has 1 aliphatic rings. The quantitative estimate of drug-likeness (QED) is 0.678. The van der Waals surface area contributed by atoms with E-state index in [2.05, 4.69) is 46.3 Å². The van der Waals surface area contributed by atoms with Crippen molar-refractivity contribution in [3.8, 4) is 0 Å². The standard InChI is InChI=1S/C22H32N6O2/c1-5-23-19-7-6-8-24-20(19)27-9-11-28(12-10-27)22(30)25-14-17-13-18(15(2)3)16(4)26-21(17)29/h6-8,13,15,23H,5,9-12,14H2,1-4H3,(H,25,30)(H,26,29). The lowest BCUT2D eigenvalue weighted by Crippen LogP contribution is -2.52. The van der Waals surface area contributed by atoms with Crippen LogP contribution in [0.15, 0.2) is 29.2 Å². The Morgan fingerprint density at radius 3 is 2.67 bits per heavy atom. The summed E-state index contributed by atoms with van der Waals surface area (Å²) in [6.45, 7) is 11.8. The fraction of sp³-hybridized carbons (Fsp3) is 0.500. The van der Waals surface area contributed by atoms with Crippen molar-refractivity contribution in [2.75, 3.05) is 42.9 Å². The third-order valence-electron chi connectivity index (χ3n) is 5.43. The number of nitrogens with one attached hydrogen (secondary N) is 3. The fourth-order valence-corrected chi connectivity index (χ4v) is 3.80. The summed E-state index contributed by atoms with van der Waals surface area (Å²) >= 11 is 0. The van der Waals surface area contributed by atoms with E-state index in [1.807, 2.05) is 25.1 Å². The highest BCUT2D eigenvalue weighted by Crippen LogP contribution is 2.23. The van der Waals surface area contributed by atoms with Crippen molar-refractivity contribution in [2.24, 2.45) is 0 Å². The summed E-state index contributed by atoms with van der Waals surface area (Å²) in [6, 6.07) is 5.70. The van der Waals surface area contributed by atoms with Gasteiger partial charge in [0.15, 0.2) is 5.82 Å². The average molecular weight is 413 g/mol. The molecule has 0 aliphatic carbocycles. The van der Waals surface area contributed by atoms with Crippen molar-refractivity contribution in [3.63, 3.8) is 0 Å². The van der Waals surface area contributed by atoms with E-state index in [0.717, 1.165) is 29.3 Å². The Hall–Kier alpha value is -3.03. The largest absolute Gasteiger partial charge is 0.382 e. The lowest BCUT2D eigenvalue weighted by Gasteiger charge is -2.36. The monoisotopic (exact) mass is 412 g/mol. The topological polar surface area (TPSA) is 93.4 Å². The lowest BCUT2D eigenvalue weighted by atomic mass is 10.00. The lowest BCUT2D eigenvalue weighted by molar-refractivity contribution is 0.194. The Balaban J connectivity index is 1.58. The van der Waals surface area contributed by atoms with Crippen LogP contribution in [0, 0.1) is 6.92 Å². The first-order chi connectivity index (χ1) is 14.4. The average Bonchev–Trinajstić information content (AvgIpc) is 2.73. The van der Waals surface area contributed by atoms with Crippen LogP contribution in [-0.4, -0.2) is 53.6 Å². The number of hydrogen-bond donors (Lipinski definition) is 3. The number of nitrogens with zero attached hydrogens (tertiary/aromatic N) is 3. The van der Waals surface area contributed by atoms with Crippen LogP contribution < -0.4 is 21.1 Å².